The average molecular weight is 471 g/mol. The molecule has 1 N–H and O–H groups in total. The maximum atomic E-state index is 13.4. The molecule has 2 aliphatic heterocycles. The van der Waals surface area contributed by atoms with Crippen LogP contribution in [0.1, 0.15) is 50.5 Å². The molecule has 1 saturated carbocycles. The number of hydrogen-bond acceptors (Lipinski definition) is 7. The van der Waals surface area contributed by atoms with E-state index < -0.39 is 0 Å². The number of amides is 1. The van der Waals surface area contributed by atoms with Crippen LogP contribution in [0.2, 0.25) is 0 Å². The lowest BCUT2D eigenvalue weighted by molar-refractivity contribution is -0.123. The van der Waals surface area contributed by atoms with Crippen molar-refractivity contribution in [3.63, 3.8) is 0 Å². The number of anilines is 1. The summed E-state index contributed by atoms with van der Waals surface area (Å²) in [6, 6.07) is 5.76. The SMILES string of the molecule is O=C1C(=Cc2c(NC3CCCCC3)nc3ccccn3c2=O)SC(=S)N1CC1CCCO1. The molecule has 1 aliphatic carbocycles. The van der Waals surface area contributed by atoms with Crippen molar-refractivity contribution in [2.45, 2.75) is 57.1 Å². The van der Waals surface area contributed by atoms with E-state index in [0.29, 0.717) is 32.8 Å². The first-order valence-corrected chi connectivity index (χ1v) is 12.5. The zero-order valence-electron chi connectivity index (χ0n) is 17.8. The smallest absolute Gasteiger partial charge is 0.267 e. The topological polar surface area (TPSA) is 75.9 Å². The Bertz CT molecular complexity index is 1130. The molecule has 0 aromatic carbocycles. The summed E-state index contributed by atoms with van der Waals surface area (Å²) in [5, 5.41) is 3.50. The van der Waals surface area contributed by atoms with E-state index in [1.54, 1.807) is 23.2 Å². The molecule has 1 atom stereocenters. The number of nitrogens with one attached hydrogen (secondary N) is 1. The summed E-state index contributed by atoms with van der Waals surface area (Å²) in [4.78, 5) is 33.3. The highest BCUT2D eigenvalue weighted by molar-refractivity contribution is 8.26. The van der Waals surface area contributed by atoms with E-state index in [4.69, 9.17) is 21.9 Å². The van der Waals surface area contributed by atoms with Gasteiger partial charge < -0.3 is 10.1 Å². The number of rotatable bonds is 5. The second kappa shape index (κ2) is 9.33. The highest BCUT2D eigenvalue weighted by Crippen LogP contribution is 2.34. The number of ether oxygens (including phenoxy) is 1. The molecule has 0 spiro atoms. The first kappa shape index (κ1) is 21.6. The molecule has 5 rings (SSSR count). The summed E-state index contributed by atoms with van der Waals surface area (Å²) >= 11 is 6.71. The Kier molecular flexibility index (Phi) is 6.30. The Labute approximate surface area is 196 Å². The molecule has 7 nitrogen and oxygen atoms in total. The number of aromatic nitrogens is 2. The van der Waals surface area contributed by atoms with Gasteiger partial charge in [0.05, 0.1) is 23.1 Å². The van der Waals surface area contributed by atoms with Gasteiger partial charge in [0, 0.05) is 18.8 Å². The van der Waals surface area contributed by atoms with Gasteiger partial charge in [0.25, 0.3) is 11.5 Å². The lowest BCUT2D eigenvalue weighted by atomic mass is 9.95. The van der Waals surface area contributed by atoms with E-state index in [1.165, 1.54) is 35.4 Å². The van der Waals surface area contributed by atoms with Gasteiger partial charge in [0.2, 0.25) is 0 Å². The van der Waals surface area contributed by atoms with Gasteiger partial charge in [-0.3, -0.25) is 18.9 Å². The summed E-state index contributed by atoms with van der Waals surface area (Å²) in [5.41, 5.74) is 0.786. The Morgan fingerprint density at radius 3 is 2.81 bits per heavy atom. The second-order valence-electron chi connectivity index (χ2n) is 8.51. The maximum absolute atomic E-state index is 13.4. The molecule has 0 bridgehead atoms. The number of fused-ring (bicyclic) bond motifs is 1. The van der Waals surface area contributed by atoms with Crippen LogP contribution in [0.25, 0.3) is 11.7 Å². The summed E-state index contributed by atoms with van der Waals surface area (Å²) in [6.07, 6.45) is 11.0. The number of nitrogens with zero attached hydrogens (tertiary/aromatic N) is 3. The molecule has 32 heavy (non-hydrogen) atoms. The minimum atomic E-state index is -0.196. The minimum Gasteiger partial charge on any atom is -0.376 e. The monoisotopic (exact) mass is 470 g/mol. The van der Waals surface area contributed by atoms with Crippen molar-refractivity contribution >= 4 is 51.7 Å². The largest absolute Gasteiger partial charge is 0.376 e. The molecule has 2 aromatic rings. The Hall–Kier alpha value is -2.23. The molecule has 3 aliphatic rings. The Balaban J connectivity index is 1.50. The van der Waals surface area contributed by atoms with E-state index in [1.807, 2.05) is 12.1 Å². The molecule has 0 radical (unpaired) electrons. The molecule has 1 unspecified atom stereocenters. The number of carbonyl (C=O) groups excluding carboxylic acids is 1. The standard InChI is InChI=1S/C23H26N4O3S2/c28-21-17(13-18-22(29)27(23(31)32-18)14-16-9-6-12-30-16)20(24-15-7-2-1-3-8-15)25-19-10-4-5-11-26(19)21/h4-5,10-11,13,15-16,24H,1-3,6-9,12,14H2. The van der Waals surface area contributed by atoms with Crippen LogP contribution >= 0.6 is 24.0 Å². The second-order valence-corrected chi connectivity index (χ2v) is 10.2. The molecule has 3 fully saturated rings. The highest BCUT2D eigenvalue weighted by atomic mass is 32.2. The first-order valence-electron chi connectivity index (χ1n) is 11.2. The quantitative estimate of drug-likeness (QED) is 0.526. The number of thioether (sulfide) groups is 1. The minimum absolute atomic E-state index is 0.0216. The summed E-state index contributed by atoms with van der Waals surface area (Å²) in [7, 11) is 0. The van der Waals surface area contributed by atoms with Gasteiger partial charge in [-0.05, 0) is 43.9 Å². The van der Waals surface area contributed by atoms with Gasteiger partial charge in [-0.25, -0.2) is 4.98 Å². The number of pyridine rings is 1. The number of carbonyl (C=O) groups is 1. The molecule has 168 valence electrons. The molecule has 4 heterocycles. The van der Waals surface area contributed by atoms with E-state index in [-0.39, 0.29) is 23.6 Å². The predicted molar refractivity (Wildman–Crippen MR) is 131 cm³/mol. The van der Waals surface area contributed by atoms with Crippen LogP contribution in [0.3, 0.4) is 0 Å². The van der Waals surface area contributed by atoms with Gasteiger partial charge in [0.15, 0.2) is 0 Å². The van der Waals surface area contributed by atoms with Crippen LogP contribution < -0.4 is 10.9 Å². The normalized spacial score (nSPS) is 23.6. The summed E-state index contributed by atoms with van der Waals surface area (Å²) in [5.74, 6) is 0.370. The molecular formula is C23H26N4O3S2. The van der Waals surface area contributed by atoms with Crippen molar-refractivity contribution in [3.05, 3.63) is 45.2 Å². The predicted octanol–water partition coefficient (Wildman–Crippen LogP) is 3.82. The van der Waals surface area contributed by atoms with Crippen molar-refractivity contribution in [3.8, 4) is 0 Å². The van der Waals surface area contributed by atoms with Gasteiger partial charge in [-0.15, -0.1) is 0 Å². The Morgan fingerprint density at radius 2 is 2.03 bits per heavy atom. The molecular weight excluding hydrogens is 444 g/mol. The number of hydrogen-bond donors (Lipinski definition) is 1. The van der Waals surface area contributed by atoms with Gasteiger partial charge in [-0.2, -0.15) is 0 Å². The lowest BCUT2D eigenvalue weighted by Gasteiger charge is -2.24. The molecule has 2 saturated heterocycles. The van der Waals surface area contributed by atoms with Crippen LogP contribution in [0.4, 0.5) is 5.82 Å². The fourth-order valence-corrected chi connectivity index (χ4v) is 5.82. The van der Waals surface area contributed by atoms with E-state index >= 15 is 0 Å². The average Bonchev–Trinajstić information content (AvgIpc) is 3.41. The van der Waals surface area contributed by atoms with Gasteiger partial charge in [-0.1, -0.05) is 49.3 Å². The molecule has 2 aromatic heterocycles. The zero-order chi connectivity index (χ0) is 22.1. The lowest BCUT2D eigenvalue weighted by Crippen LogP contribution is -2.35. The van der Waals surface area contributed by atoms with Crippen LogP contribution in [-0.2, 0) is 9.53 Å². The van der Waals surface area contributed by atoms with Crippen LogP contribution in [0.15, 0.2) is 34.1 Å². The van der Waals surface area contributed by atoms with E-state index in [0.717, 1.165) is 32.3 Å². The van der Waals surface area contributed by atoms with Crippen molar-refractivity contribution < 1.29 is 9.53 Å². The molecule has 1 amide bonds. The Morgan fingerprint density at radius 1 is 1.19 bits per heavy atom. The van der Waals surface area contributed by atoms with E-state index in [9.17, 15) is 9.59 Å². The van der Waals surface area contributed by atoms with Crippen molar-refractivity contribution in [2.24, 2.45) is 0 Å². The summed E-state index contributed by atoms with van der Waals surface area (Å²) < 4.78 is 7.71. The van der Waals surface area contributed by atoms with E-state index in [2.05, 4.69) is 5.32 Å². The van der Waals surface area contributed by atoms with Crippen molar-refractivity contribution in [2.75, 3.05) is 18.5 Å². The first-order chi connectivity index (χ1) is 15.6. The van der Waals surface area contributed by atoms with Crippen LogP contribution in [0.5, 0.6) is 0 Å². The fourth-order valence-electron chi connectivity index (χ4n) is 4.56. The van der Waals surface area contributed by atoms with Crippen molar-refractivity contribution in [1.82, 2.24) is 14.3 Å². The van der Waals surface area contributed by atoms with Gasteiger partial charge in [0.1, 0.15) is 15.8 Å². The van der Waals surface area contributed by atoms with Crippen molar-refractivity contribution in [1.29, 1.82) is 0 Å². The third kappa shape index (κ3) is 4.33. The zero-order valence-corrected chi connectivity index (χ0v) is 19.4. The van der Waals surface area contributed by atoms with Crippen LogP contribution in [0, 0.1) is 0 Å². The third-order valence-electron chi connectivity index (χ3n) is 6.27. The summed E-state index contributed by atoms with van der Waals surface area (Å²) in [6.45, 7) is 1.19. The maximum Gasteiger partial charge on any atom is 0.267 e. The highest BCUT2D eigenvalue weighted by Gasteiger charge is 2.35. The number of thiocarbonyl (C=S) groups is 1. The molecule has 9 heteroatoms. The van der Waals surface area contributed by atoms with Crippen LogP contribution in [-0.4, -0.2) is 49.8 Å². The fraction of sp³-hybridized carbons (Fsp3) is 0.478. The third-order valence-corrected chi connectivity index (χ3v) is 7.65. The van der Waals surface area contributed by atoms with Gasteiger partial charge >= 0.3 is 0 Å².